The first-order valence-corrected chi connectivity index (χ1v) is 21.6. The Balaban J connectivity index is 0. The number of phosphoric ester groups is 1. The summed E-state index contributed by atoms with van der Waals surface area (Å²) in [6.07, 6.45) is 8.56. The van der Waals surface area contributed by atoms with Crippen molar-refractivity contribution in [2.45, 2.75) is 79.1 Å². The Bertz CT molecular complexity index is 1260. The molecule has 0 aliphatic rings. The maximum absolute atomic E-state index is 12.2. The summed E-state index contributed by atoms with van der Waals surface area (Å²) in [6.45, 7) is 5.10. The van der Waals surface area contributed by atoms with Gasteiger partial charge in [0.2, 0.25) is 0 Å². The Hall–Kier alpha value is 1.17. The first-order chi connectivity index (χ1) is 21.8. The molecule has 2 unspecified atom stereocenters. The van der Waals surface area contributed by atoms with Crippen LogP contribution in [0.5, 0.6) is 11.5 Å². The number of unbranched alkanes of at least 4 members (excludes halogenated alkanes) is 2. The molecule has 0 radical (unpaired) electrons. The number of rotatable bonds is 18. The van der Waals surface area contributed by atoms with Crippen LogP contribution in [0, 0.1) is 11.8 Å². The molecule has 0 fully saturated rings. The van der Waals surface area contributed by atoms with Crippen molar-refractivity contribution in [1.82, 2.24) is 0 Å². The van der Waals surface area contributed by atoms with Gasteiger partial charge < -0.3 is 28.3 Å². The fourth-order valence-electron chi connectivity index (χ4n) is 3.58. The van der Waals surface area contributed by atoms with Crippen molar-refractivity contribution >= 4 is 118 Å². The molecule has 10 nitrogen and oxygen atoms in total. The van der Waals surface area contributed by atoms with Gasteiger partial charge in [-0.1, -0.05) is 113 Å². The molecule has 1 N–H and O–H groups in total. The Labute approximate surface area is 337 Å². The molecule has 0 spiro atoms. The van der Waals surface area contributed by atoms with Crippen LogP contribution in [0.3, 0.4) is 0 Å². The zero-order chi connectivity index (χ0) is 36.3. The number of hydrogen-bond donors (Lipinski definition) is 1. The molecule has 2 aromatic carbocycles. The molecule has 0 amide bonds. The SMILES string of the molecule is CCCCC(CC)COP(=O)(O)OCC(CC)CCCC.O=P(Cl)(Oc1ccc(Cl)cc1Cl)Oc1ccc(Cl)cc1Cl.O=P([O-])([O-])F.[Ca+2]. The average molecular weight is 867 g/mol. The second kappa shape index (κ2) is 26.9. The van der Waals surface area contributed by atoms with Crippen LogP contribution in [0.4, 0.5) is 4.20 Å². The summed E-state index contributed by atoms with van der Waals surface area (Å²) in [7, 11) is -9.53. The third-order valence-electron chi connectivity index (χ3n) is 6.24. The Morgan fingerprint density at radius 1 is 0.750 bits per heavy atom. The largest absolute Gasteiger partial charge is 2.00 e. The van der Waals surface area contributed by atoms with Gasteiger partial charge in [0, 0.05) is 21.3 Å². The Kier molecular flexibility index (Phi) is 28.7. The monoisotopic (exact) mass is 864 g/mol. The summed E-state index contributed by atoms with van der Waals surface area (Å²) >= 11 is 29.1. The summed E-state index contributed by atoms with van der Waals surface area (Å²) in [4.78, 5) is 26.6. The Morgan fingerprint density at radius 2 is 1.08 bits per heavy atom. The van der Waals surface area contributed by atoms with Crippen LogP contribution in [0.25, 0.3) is 0 Å². The van der Waals surface area contributed by atoms with Crippen LogP contribution >= 0.6 is 80.3 Å². The molecule has 0 heterocycles. The second-order valence-electron chi connectivity index (χ2n) is 10.1. The van der Waals surface area contributed by atoms with E-state index >= 15 is 0 Å². The molecular weight excluding hydrogens is 826 g/mol. The number of benzene rings is 2. The van der Waals surface area contributed by atoms with E-state index in [2.05, 4.69) is 27.7 Å². The minimum absolute atomic E-state index is 0. The van der Waals surface area contributed by atoms with E-state index in [1.165, 1.54) is 36.4 Å². The fourth-order valence-corrected chi connectivity index (χ4v) is 6.73. The molecule has 0 aliphatic heterocycles. The molecule has 48 heavy (non-hydrogen) atoms. The van der Waals surface area contributed by atoms with E-state index in [4.69, 9.17) is 90.1 Å². The minimum atomic E-state index is -5.64. The standard InChI is InChI=1S/C16H35O4P.C12H6Cl5O3P.Ca.FH2O3P/c1-5-9-11-15(7-3)13-19-21(17,18)20-14-16(8-4)12-10-6-2;13-7-1-3-11(9(15)5-7)19-21(17,18)20-12-4-2-8(14)6-10(12)16;;1-5(2,3)4/h15-16H,5-14H2,1-4H3,(H,17,18);1-6H;;(H2,2,3,4)/q;;+2;/p-2. The van der Waals surface area contributed by atoms with Gasteiger partial charge in [-0.3, -0.25) is 9.05 Å². The predicted molar refractivity (Wildman–Crippen MR) is 190 cm³/mol. The van der Waals surface area contributed by atoms with E-state index < -0.39 is 22.7 Å². The van der Waals surface area contributed by atoms with Gasteiger partial charge in [0.25, 0.3) is 0 Å². The number of halogens is 6. The van der Waals surface area contributed by atoms with Gasteiger partial charge in [0.15, 0.2) is 0 Å². The molecule has 0 aliphatic carbocycles. The van der Waals surface area contributed by atoms with Gasteiger partial charge in [-0.05, 0) is 61.1 Å². The van der Waals surface area contributed by atoms with Crippen LogP contribution in [-0.2, 0) is 22.7 Å². The molecule has 20 heteroatoms. The van der Waals surface area contributed by atoms with Crippen molar-refractivity contribution < 1.29 is 50.7 Å². The topological polar surface area (TPSA) is 154 Å². The van der Waals surface area contributed by atoms with Crippen molar-refractivity contribution in [2.24, 2.45) is 11.8 Å². The summed E-state index contributed by atoms with van der Waals surface area (Å²) in [5, 5.41) is 1.10. The van der Waals surface area contributed by atoms with Crippen LogP contribution in [0.2, 0.25) is 20.1 Å². The maximum Gasteiger partial charge on any atom is 2.00 e. The average Bonchev–Trinajstić information content (AvgIpc) is 2.96. The van der Waals surface area contributed by atoms with Gasteiger partial charge in [-0.15, -0.1) is 0 Å². The van der Waals surface area contributed by atoms with Crippen molar-refractivity contribution in [3.05, 3.63) is 56.5 Å². The molecular formula is C28H41CaCl5FO10P3. The molecule has 0 aromatic heterocycles. The van der Waals surface area contributed by atoms with Gasteiger partial charge >= 0.3 is 52.5 Å². The first kappa shape index (κ1) is 51.3. The zero-order valence-electron chi connectivity index (χ0n) is 27.1. The molecule has 0 bridgehead atoms. The van der Waals surface area contributed by atoms with Gasteiger partial charge in [0.05, 0.1) is 23.3 Å². The van der Waals surface area contributed by atoms with Crippen molar-refractivity contribution in [3.63, 3.8) is 0 Å². The van der Waals surface area contributed by atoms with Gasteiger partial charge in [-0.25, -0.2) is 13.3 Å². The molecule has 272 valence electrons. The van der Waals surface area contributed by atoms with Gasteiger partial charge in [-0.2, -0.15) is 0 Å². The summed E-state index contributed by atoms with van der Waals surface area (Å²) in [5.41, 5.74) is 0. The summed E-state index contributed by atoms with van der Waals surface area (Å²) in [5.74, 6) is 0.834. The number of phosphoric acid groups is 1. The van der Waals surface area contributed by atoms with Crippen LogP contribution < -0.4 is 18.8 Å². The zero-order valence-corrected chi connectivity index (χ0v) is 35.8. The Morgan fingerprint density at radius 3 is 1.35 bits per heavy atom. The number of hydrogen-bond acceptors (Lipinski definition) is 9. The van der Waals surface area contributed by atoms with Crippen LogP contribution in [0.1, 0.15) is 79.1 Å². The van der Waals surface area contributed by atoms with Crippen LogP contribution in [-0.4, -0.2) is 55.8 Å². The van der Waals surface area contributed by atoms with E-state index in [0.29, 0.717) is 35.1 Å². The summed E-state index contributed by atoms with van der Waals surface area (Å²) < 4.78 is 63.2. The predicted octanol–water partition coefficient (Wildman–Crippen LogP) is 11.1. The smallest absolute Gasteiger partial charge is 0.786 e. The molecule has 0 saturated carbocycles. The molecule has 2 rings (SSSR count). The fraction of sp³-hybridized carbons (Fsp3) is 0.571. The maximum atomic E-state index is 12.2. The van der Waals surface area contributed by atoms with E-state index in [-0.39, 0.29) is 59.3 Å². The normalized spacial score (nSPS) is 13.8. The first-order valence-electron chi connectivity index (χ1n) is 14.7. The van der Waals surface area contributed by atoms with E-state index in [1.54, 1.807) is 0 Å². The quantitative estimate of drug-likeness (QED) is 0.113. The molecule has 0 saturated heterocycles. The van der Waals surface area contributed by atoms with E-state index in [9.17, 15) is 18.2 Å². The van der Waals surface area contributed by atoms with Crippen molar-refractivity contribution in [2.75, 3.05) is 13.2 Å². The molecule has 2 atom stereocenters. The second-order valence-corrected chi connectivity index (χ2v) is 16.6. The van der Waals surface area contributed by atoms with E-state index in [1.807, 2.05) is 0 Å². The molecule has 2 aromatic rings. The van der Waals surface area contributed by atoms with Crippen LogP contribution in [0.15, 0.2) is 36.4 Å². The van der Waals surface area contributed by atoms with Crippen molar-refractivity contribution in [1.29, 1.82) is 0 Å². The third-order valence-corrected chi connectivity index (χ3v) is 9.49. The third kappa shape index (κ3) is 26.9. The minimum Gasteiger partial charge on any atom is -0.786 e. The van der Waals surface area contributed by atoms with Gasteiger partial charge in [0.1, 0.15) is 19.4 Å². The van der Waals surface area contributed by atoms with Crippen molar-refractivity contribution in [3.8, 4) is 11.5 Å². The van der Waals surface area contributed by atoms with E-state index in [0.717, 1.165) is 51.4 Å². The summed E-state index contributed by atoms with van der Waals surface area (Å²) in [6, 6.07) is 8.71.